The first-order chi connectivity index (χ1) is 3.52. The fraction of sp³-hybridized carbons (Fsp3) is 1.00. The SMILES string of the molecule is CS(=O)(=O)[C@H]1C[C@@H]1N. The normalized spacial score (nSPS) is 37.2. The molecular weight excluding hydrogens is 126 g/mol. The van der Waals surface area contributed by atoms with Crippen molar-refractivity contribution in [2.24, 2.45) is 5.73 Å². The van der Waals surface area contributed by atoms with Gasteiger partial charge < -0.3 is 5.73 Å². The minimum atomic E-state index is -2.80. The standard InChI is InChI=1S/C4H9NO2S/c1-8(6,7)4-2-3(4)5/h3-4H,2,5H2,1H3/t3-,4-/m0/s1. The van der Waals surface area contributed by atoms with Crippen molar-refractivity contribution >= 4 is 9.84 Å². The molecule has 48 valence electrons. The number of nitrogens with two attached hydrogens (primary N) is 1. The van der Waals surface area contributed by atoms with Crippen molar-refractivity contribution in [1.29, 1.82) is 0 Å². The minimum Gasteiger partial charge on any atom is -0.326 e. The Labute approximate surface area is 48.8 Å². The zero-order chi connectivity index (χ0) is 6.36. The lowest BCUT2D eigenvalue weighted by atomic mass is 10.8. The second-order valence-electron chi connectivity index (χ2n) is 2.27. The molecule has 0 bridgehead atoms. The topological polar surface area (TPSA) is 60.2 Å². The largest absolute Gasteiger partial charge is 0.326 e. The van der Waals surface area contributed by atoms with Crippen molar-refractivity contribution in [2.75, 3.05) is 6.26 Å². The minimum absolute atomic E-state index is 0.0787. The highest BCUT2D eigenvalue weighted by atomic mass is 32.2. The molecule has 0 amide bonds. The maximum atomic E-state index is 10.5. The Bertz CT molecular complexity index is 184. The van der Waals surface area contributed by atoms with Gasteiger partial charge >= 0.3 is 0 Å². The van der Waals surface area contributed by atoms with E-state index in [2.05, 4.69) is 0 Å². The second kappa shape index (κ2) is 1.45. The van der Waals surface area contributed by atoms with Gasteiger partial charge in [-0.25, -0.2) is 8.42 Å². The number of hydrogen-bond donors (Lipinski definition) is 1. The second-order valence-corrected chi connectivity index (χ2v) is 4.53. The molecule has 2 N–H and O–H groups in total. The van der Waals surface area contributed by atoms with Gasteiger partial charge in [-0.2, -0.15) is 0 Å². The van der Waals surface area contributed by atoms with E-state index in [1.165, 1.54) is 6.26 Å². The molecule has 1 rings (SSSR count). The van der Waals surface area contributed by atoms with E-state index in [4.69, 9.17) is 5.73 Å². The van der Waals surface area contributed by atoms with Crippen LogP contribution in [0.2, 0.25) is 0 Å². The summed E-state index contributed by atoms with van der Waals surface area (Å²) in [5, 5.41) is -0.234. The van der Waals surface area contributed by atoms with Gasteiger partial charge in [-0.15, -0.1) is 0 Å². The van der Waals surface area contributed by atoms with Gasteiger partial charge in [0.05, 0.1) is 5.25 Å². The van der Waals surface area contributed by atoms with Crippen molar-refractivity contribution in [2.45, 2.75) is 17.7 Å². The van der Waals surface area contributed by atoms with Gasteiger partial charge in [-0.1, -0.05) is 0 Å². The van der Waals surface area contributed by atoms with Crippen LogP contribution in [0.1, 0.15) is 6.42 Å². The van der Waals surface area contributed by atoms with Gasteiger partial charge in [-0.05, 0) is 6.42 Å². The fourth-order valence-electron chi connectivity index (χ4n) is 0.682. The molecule has 0 saturated heterocycles. The zero-order valence-electron chi connectivity index (χ0n) is 4.66. The van der Waals surface area contributed by atoms with Gasteiger partial charge in [0, 0.05) is 12.3 Å². The summed E-state index contributed by atoms with van der Waals surface area (Å²) in [4.78, 5) is 0. The first-order valence-electron chi connectivity index (χ1n) is 2.46. The van der Waals surface area contributed by atoms with Crippen LogP contribution in [0.3, 0.4) is 0 Å². The Kier molecular flexibility index (Phi) is 1.09. The van der Waals surface area contributed by atoms with Crippen LogP contribution in [0.25, 0.3) is 0 Å². The van der Waals surface area contributed by atoms with E-state index in [-0.39, 0.29) is 11.3 Å². The summed E-state index contributed by atoms with van der Waals surface area (Å²) in [7, 11) is -2.80. The van der Waals surface area contributed by atoms with Crippen molar-refractivity contribution in [1.82, 2.24) is 0 Å². The summed E-state index contributed by atoms with van der Waals surface area (Å²) < 4.78 is 21.0. The van der Waals surface area contributed by atoms with E-state index in [0.29, 0.717) is 6.42 Å². The monoisotopic (exact) mass is 135 g/mol. The number of hydrogen-bond acceptors (Lipinski definition) is 3. The van der Waals surface area contributed by atoms with Crippen LogP contribution in [0.5, 0.6) is 0 Å². The molecule has 0 heterocycles. The number of sulfone groups is 1. The van der Waals surface area contributed by atoms with Gasteiger partial charge in [0.15, 0.2) is 9.84 Å². The summed E-state index contributed by atoms with van der Waals surface area (Å²) >= 11 is 0. The third kappa shape index (κ3) is 1.00. The van der Waals surface area contributed by atoms with Crippen LogP contribution in [-0.4, -0.2) is 26.0 Å². The summed E-state index contributed by atoms with van der Waals surface area (Å²) in [6, 6.07) is -0.0787. The molecule has 1 fully saturated rings. The third-order valence-corrected chi connectivity index (χ3v) is 2.97. The molecule has 0 aromatic heterocycles. The first-order valence-corrected chi connectivity index (χ1v) is 4.42. The molecule has 8 heavy (non-hydrogen) atoms. The van der Waals surface area contributed by atoms with E-state index in [1.54, 1.807) is 0 Å². The first kappa shape index (κ1) is 6.04. The van der Waals surface area contributed by atoms with Gasteiger partial charge in [-0.3, -0.25) is 0 Å². The van der Waals surface area contributed by atoms with Crippen molar-refractivity contribution < 1.29 is 8.42 Å². The molecule has 3 nitrogen and oxygen atoms in total. The Balaban J connectivity index is 2.66. The van der Waals surface area contributed by atoms with E-state index >= 15 is 0 Å². The molecule has 0 aliphatic heterocycles. The predicted molar refractivity (Wildman–Crippen MR) is 31.2 cm³/mol. The highest BCUT2D eigenvalue weighted by Gasteiger charge is 2.41. The van der Waals surface area contributed by atoms with Gasteiger partial charge in [0.2, 0.25) is 0 Å². The van der Waals surface area contributed by atoms with Crippen molar-refractivity contribution in [3.8, 4) is 0 Å². The van der Waals surface area contributed by atoms with Crippen LogP contribution in [0, 0.1) is 0 Å². The highest BCUT2D eigenvalue weighted by Crippen LogP contribution is 2.25. The van der Waals surface area contributed by atoms with Crippen LogP contribution in [0.15, 0.2) is 0 Å². The molecule has 2 atom stereocenters. The molecule has 1 aliphatic rings. The lowest BCUT2D eigenvalue weighted by Gasteiger charge is -1.87. The quantitative estimate of drug-likeness (QED) is 0.508. The van der Waals surface area contributed by atoms with E-state index in [0.717, 1.165) is 0 Å². The highest BCUT2D eigenvalue weighted by molar-refractivity contribution is 7.91. The average molecular weight is 135 g/mol. The molecular formula is C4H9NO2S. The van der Waals surface area contributed by atoms with Crippen LogP contribution < -0.4 is 5.73 Å². The predicted octanol–water partition coefficient (Wildman–Crippen LogP) is -0.869. The van der Waals surface area contributed by atoms with Crippen LogP contribution in [0.4, 0.5) is 0 Å². The summed E-state index contributed by atoms with van der Waals surface area (Å²) in [5.41, 5.74) is 5.27. The molecule has 4 heteroatoms. The molecule has 1 aliphatic carbocycles. The lowest BCUT2D eigenvalue weighted by molar-refractivity contribution is 0.600. The Morgan fingerprint density at radius 2 is 2.00 bits per heavy atom. The van der Waals surface area contributed by atoms with Crippen LogP contribution in [-0.2, 0) is 9.84 Å². The summed E-state index contributed by atoms with van der Waals surface area (Å²) in [6.07, 6.45) is 1.88. The lowest BCUT2D eigenvalue weighted by Crippen LogP contribution is -2.13. The van der Waals surface area contributed by atoms with E-state index in [9.17, 15) is 8.42 Å². The zero-order valence-corrected chi connectivity index (χ0v) is 5.48. The summed E-state index contributed by atoms with van der Waals surface area (Å²) in [5.74, 6) is 0. The third-order valence-electron chi connectivity index (χ3n) is 1.33. The Morgan fingerprint density at radius 3 is 2.00 bits per heavy atom. The fourth-order valence-corrected chi connectivity index (χ4v) is 1.89. The van der Waals surface area contributed by atoms with Crippen LogP contribution >= 0.6 is 0 Å². The molecule has 0 unspecified atom stereocenters. The maximum absolute atomic E-state index is 10.5. The smallest absolute Gasteiger partial charge is 0.151 e. The average Bonchev–Trinajstić information content (AvgIpc) is 2.13. The Morgan fingerprint density at radius 1 is 1.62 bits per heavy atom. The molecule has 0 radical (unpaired) electrons. The molecule has 0 aromatic carbocycles. The van der Waals surface area contributed by atoms with Crippen molar-refractivity contribution in [3.63, 3.8) is 0 Å². The summed E-state index contributed by atoms with van der Waals surface area (Å²) in [6.45, 7) is 0. The number of rotatable bonds is 1. The van der Waals surface area contributed by atoms with Crippen molar-refractivity contribution in [3.05, 3.63) is 0 Å². The molecule has 1 saturated carbocycles. The van der Waals surface area contributed by atoms with E-state index in [1.807, 2.05) is 0 Å². The Hall–Kier alpha value is -0.0900. The van der Waals surface area contributed by atoms with E-state index < -0.39 is 9.84 Å². The maximum Gasteiger partial charge on any atom is 0.151 e. The van der Waals surface area contributed by atoms with Gasteiger partial charge in [0.1, 0.15) is 0 Å². The van der Waals surface area contributed by atoms with Gasteiger partial charge in [0.25, 0.3) is 0 Å². The molecule has 0 spiro atoms. The molecule has 0 aromatic rings.